The highest BCUT2D eigenvalue weighted by Gasteiger charge is 1.97. The van der Waals surface area contributed by atoms with Crippen LogP contribution in [0.15, 0.2) is 18.3 Å². The molecule has 0 atom stereocenters. The molecule has 0 saturated carbocycles. The molecule has 0 aliphatic heterocycles. The van der Waals surface area contributed by atoms with Gasteiger partial charge in [-0.05, 0) is 30.9 Å². The third kappa shape index (κ3) is 2.71. The molecule has 1 heterocycles. The lowest BCUT2D eigenvalue weighted by Gasteiger charge is -2.02. The molecule has 0 bridgehead atoms. The Labute approximate surface area is 68.5 Å². The summed E-state index contributed by atoms with van der Waals surface area (Å²) in [5.41, 5.74) is 2.43. The maximum atomic E-state index is 4.32. The van der Waals surface area contributed by atoms with Crippen molar-refractivity contribution < 1.29 is 0 Å². The van der Waals surface area contributed by atoms with E-state index in [0.717, 1.165) is 6.42 Å². The molecule has 0 radical (unpaired) electrons. The third-order valence-corrected chi connectivity index (χ3v) is 1.59. The largest absolute Gasteiger partial charge is 0.261 e. The molecule has 1 aromatic heterocycles. The Morgan fingerprint density at radius 1 is 1.36 bits per heavy atom. The van der Waals surface area contributed by atoms with Crippen molar-refractivity contribution in [3.63, 3.8) is 0 Å². The molecule has 1 rings (SSSR count). The minimum Gasteiger partial charge on any atom is -0.261 e. The van der Waals surface area contributed by atoms with Crippen LogP contribution in [0.1, 0.15) is 25.1 Å². The maximum Gasteiger partial charge on any atom is 0.0406 e. The number of rotatable bonds is 2. The van der Waals surface area contributed by atoms with Crippen molar-refractivity contribution in [3.8, 4) is 0 Å². The minimum absolute atomic E-state index is 0.699. The van der Waals surface area contributed by atoms with Crippen LogP contribution >= 0.6 is 0 Å². The van der Waals surface area contributed by atoms with E-state index in [9.17, 15) is 0 Å². The number of aromatic nitrogens is 1. The first-order valence-corrected chi connectivity index (χ1v) is 4.10. The van der Waals surface area contributed by atoms with E-state index >= 15 is 0 Å². The summed E-state index contributed by atoms with van der Waals surface area (Å²) in [5, 5.41) is 0. The predicted octanol–water partition coefficient (Wildman–Crippen LogP) is 2.59. The Morgan fingerprint density at radius 2 is 2.09 bits per heavy atom. The standard InChI is InChI=1S/C10H15N/c1-8(2)6-10-5-4-9(3)7-11-10/h4-5,7-8H,6H2,1-3H3. The normalized spacial score (nSPS) is 10.5. The third-order valence-electron chi connectivity index (χ3n) is 1.59. The summed E-state index contributed by atoms with van der Waals surface area (Å²) in [7, 11) is 0. The number of hydrogen-bond acceptors (Lipinski definition) is 1. The molecule has 0 unspecified atom stereocenters. The van der Waals surface area contributed by atoms with Crippen LogP contribution in [0.4, 0.5) is 0 Å². The molecule has 0 spiro atoms. The summed E-state index contributed by atoms with van der Waals surface area (Å²) in [6, 6.07) is 4.22. The van der Waals surface area contributed by atoms with Crippen molar-refractivity contribution in [3.05, 3.63) is 29.6 Å². The molecule has 1 aromatic rings. The van der Waals surface area contributed by atoms with Gasteiger partial charge in [0, 0.05) is 11.9 Å². The van der Waals surface area contributed by atoms with E-state index in [2.05, 4.69) is 37.9 Å². The van der Waals surface area contributed by atoms with Gasteiger partial charge in [0.15, 0.2) is 0 Å². The molecule has 0 aliphatic rings. The number of nitrogens with zero attached hydrogens (tertiary/aromatic N) is 1. The molecule has 1 nitrogen and oxygen atoms in total. The van der Waals surface area contributed by atoms with E-state index in [1.807, 2.05) is 6.20 Å². The van der Waals surface area contributed by atoms with E-state index in [0.29, 0.717) is 5.92 Å². The maximum absolute atomic E-state index is 4.32. The topological polar surface area (TPSA) is 12.9 Å². The average Bonchev–Trinajstić information content (AvgIpc) is 1.93. The average molecular weight is 149 g/mol. The summed E-state index contributed by atoms with van der Waals surface area (Å²) in [6.45, 7) is 6.48. The van der Waals surface area contributed by atoms with Gasteiger partial charge in [-0.2, -0.15) is 0 Å². The fourth-order valence-electron chi connectivity index (χ4n) is 1.04. The lowest BCUT2D eigenvalue weighted by Crippen LogP contribution is -1.96. The van der Waals surface area contributed by atoms with E-state index in [1.165, 1.54) is 11.3 Å². The van der Waals surface area contributed by atoms with Crippen LogP contribution in [0.3, 0.4) is 0 Å². The Hall–Kier alpha value is -0.850. The zero-order valence-electron chi connectivity index (χ0n) is 7.46. The highest BCUT2D eigenvalue weighted by Crippen LogP contribution is 2.05. The van der Waals surface area contributed by atoms with Crippen LogP contribution in [0.25, 0.3) is 0 Å². The highest BCUT2D eigenvalue weighted by molar-refractivity contribution is 5.12. The van der Waals surface area contributed by atoms with Crippen molar-refractivity contribution in [2.75, 3.05) is 0 Å². The lowest BCUT2D eigenvalue weighted by molar-refractivity contribution is 0.635. The van der Waals surface area contributed by atoms with Crippen LogP contribution < -0.4 is 0 Å². The van der Waals surface area contributed by atoms with Crippen LogP contribution in [-0.4, -0.2) is 4.98 Å². The van der Waals surface area contributed by atoms with Gasteiger partial charge in [0.2, 0.25) is 0 Å². The number of aryl methyl sites for hydroxylation is 1. The van der Waals surface area contributed by atoms with E-state index < -0.39 is 0 Å². The minimum atomic E-state index is 0.699. The molecule has 0 aliphatic carbocycles. The van der Waals surface area contributed by atoms with Crippen molar-refractivity contribution >= 4 is 0 Å². The van der Waals surface area contributed by atoms with Gasteiger partial charge in [-0.15, -0.1) is 0 Å². The van der Waals surface area contributed by atoms with E-state index in [-0.39, 0.29) is 0 Å². The zero-order valence-corrected chi connectivity index (χ0v) is 7.46. The SMILES string of the molecule is Cc1ccc(CC(C)C)nc1. The molecule has 0 N–H and O–H groups in total. The Kier molecular flexibility index (Phi) is 2.64. The highest BCUT2D eigenvalue weighted by atomic mass is 14.7. The first-order chi connectivity index (χ1) is 5.18. The summed E-state index contributed by atoms with van der Waals surface area (Å²) < 4.78 is 0. The fourth-order valence-corrected chi connectivity index (χ4v) is 1.04. The lowest BCUT2D eigenvalue weighted by atomic mass is 10.1. The zero-order chi connectivity index (χ0) is 8.27. The van der Waals surface area contributed by atoms with Gasteiger partial charge in [0.1, 0.15) is 0 Å². The van der Waals surface area contributed by atoms with Crippen molar-refractivity contribution in [1.82, 2.24) is 4.98 Å². The Balaban J connectivity index is 2.66. The van der Waals surface area contributed by atoms with Gasteiger partial charge in [0.25, 0.3) is 0 Å². The molecule has 0 aromatic carbocycles. The monoisotopic (exact) mass is 149 g/mol. The van der Waals surface area contributed by atoms with Gasteiger partial charge in [-0.3, -0.25) is 4.98 Å². The van der Waals surface area contributed by atoms with Crippen molar-refractivity contribution in [2.45, 2.75) is 27.2 Å². The summed E-state index contributed by atoms with van der Waals surface area (Å²) in [6.07, 6.45) is 3.01. The smallest absolute Gasteiger partial charge is 0.0406 e. The second-order valence-corrected chi connectivity index (χ2v) is 3.42. The molecule has 0 fully saturated rings. The second kappa shape index (κ2) is 3.51. The van der Waals surface area contributed by atoms with Gasteiger partial charge < -0.3 is 0 Å². The Bertz CT molecular complexity index is 211. The molecular weight excluding hydrogens is 134 g/mol. The van der Waals surface area contributed by atoms with Gasteiger partial charge >= 0.3 is 0 Å². The van der Waals surface area contributed by atoms with Crippen LogP contribution in [0, 0.1) is 12.8 Å². The van der Waals surface area contributed by atoms with E-state index in [4.69, 9.17) is 0 Å². The molecule has 60 valence electrons. The van der Waals surface area contributed by atoms with Gasteiger partial charge in [-0.25, -0.2) is 0 Å². The predicted molar refractivity (Wildman–Crippen MR) is 47.5 cm³/mol. The summed E-state index contributed by atoms with van der Waals surface area (Å²) in [4.78, 5) is 4.32. The van der Waals surface area contributed by atoms with E-state index in [1.54, 1.807) is 0 Å². The van der Waals surface area contributed by atoms with Gasteiger partial charge in [0.05, 0.1) is 0 Å². The molecular formula is C10H15N. The first kappa shape index (κ1) is 8.25. The number of pyridine rings is 1. The van der Waals surface area contributed by atoms with Crippen molar-refractivity contribution in [2.24, 2.45) is 5.92 Å². The summed E-state index contributed by atoms with van der Waals surface area (Å²) >= 11 is 0. The molecule has 0 saturated heterocycles. The van der Waals surface area contributed by atoms with Crippen LogP contribution in [0.5, 0.6) is 0 Å². The fraction of sp³-hybridized carbons (Fsp3) is 0.500. The molecule has 1 heteroatoms. The quantitative estimate of drug-likeness (QED) is 0.629. The van der Waals surface area contributed by atoms with Gasteiger partial charge in [-0.1, -0.05) is 19.9 Å². The van der Waals surface area contributed by atoms with Crippen LogP contribution in [0.2, 0.25) is 0 Å². The first-order valence-electron chi connectivity index (χ1n) is 4.10. The number of hydrogen-bond donors (Lipinski definition) is 0. The second-order valence-electron chi connectivity index (χ2n) is 3.42. The van der Waals surface area contributed by atoms with Crippen molar-refractivity contribution in [1.29, 1.82) is 0 Å². The molecule has 11 heavy (non-hydrogen) atoms. The Morgan fingerprint density at radius 3 is 2.55 bits per heavy atom. The summed E-state index contributed by atoms with van der Waals surface area (Å²) in [5.74, 6) is 0.699. The molecule has 0 amide bonds. The van der Waals surface area contributed by atoms with Crippen LogP contribution in [-0.2, 0) is 6.42 Å².